The van der Waals surface area contributed by atoms with Crippen LogP contribution in [0, 0.1) is 16.0 Å². The van der Waals surface area contributed by atoms with Crippen molar-refractivity contribution in [1.29, 1.82) is 0 Å². The number of hydrogen-bond donors (Lipinski definition) is 1. The zero-order valence-corrected chi connectivity index (χ0v) is 11.0. The molecule has 1 saturated heterocycles. The first kappa shape index (κ1) is 13.0. The lowest BCUT2D eigenvalue weighted by Gasteiger charge is -2.36. The number of carbonyl (C=O) groups is 1. The summed E-state index contributed by atoms with van der Waals surface area (Å²) in [6, 6.07) is 4.76. The summed E-state index contributed by atoms with van der Waals surface area (Å²) >= 11 is 3.23. The van der Waals surface area contributed by atoms with Crippen molar-refractivity contribution in [3.63, 3.8) is 0 Å². The first-order valence-corrected chi connectivity index (χ1v) is 6.14. The number of non-ortho nitro benzene ring substituents is 1. The Kier molecular flexibility index (Phi) is 3.63. The Bertz CT molecular complexity index is 500. The second-order valence-corrected chi connectivity index (χ2v) is 5.22. The number of benzene rings is 1. The summed E-state index contributed by atoms with van der Waals surface area (Å²) in [6.07, 6.45) is 0. The van der Waals surface area contributed by atoms with Gasteiger partial charge in [0, 0.05) is 36.2 Å². The Morgan fingerprint density at radius 1 is 1.50 bits per heavy atom. The highest BCUT2D eigenvalue weighted by Gasteiger charge is 2.32. The number of nitrogens with zero attached hydrogens (tertiary/aromatic N) is 2. The lowest BCUT2D eigenvalue weighted by molar-refractivity contribution is -0.385. The van der Waals surface area contributed by atoms with Gasteiger partial charge in [-0.25, -0.2) is 0 Å². The molecule has 1 aromatic carbocycles. The van der Waals surface area contributed by atoms with E-state index in [0.29, 0.717) is 24.1 Å². The molecule has 0 amide bonds. The third kappa shape index (κ3) is 2.85. The van der Waals surface area contributed by atoms with E-state index >= 15 is 0 Å². The Hall–Kier alpha value is -1.47. The number of aliphatic carboxylic acids is 1. The molecule has 6 nitrogen and oxygen atoms in total. The summed E-state index contributed by atoms with van der Waals surface area (Å²) in [4.78, 5) is 22.9. The lowest BCUT2D eigenvalue weighted by Crippen LogP contribution is -2.49. The molecule has 0 unspecified atom stereocenters. The molecule has 1 aliphatic rings. The number of nitro benzene ring substituents is 1. The highest BCUT2D eigenvalue weighted by Crippen LogP contribution is 2.24. The van der Waals surface area contributed by atoms with Crippen molar-refractivity contribution in [3.8, 4) is 0 Å². The predicted octanol–water partition coefficient (Wildman–Crippen LogP) is 1.87. The molecule has 1 heterocycles. The van der Waals surface area contributed by atoms with Crippen molar-refractivity contribution in [2.75, 3.05) is 13.1 Å². The third-order valence-electron chi connectivity index (χ3n) is 2.87. The second kappa shape index (κ2) is 5.03. The standard InChI is InChI=1S/C11H11BrN2O4/c12-9-1-7(2-10(3-9)14(17)18)4-13-5-8(6-13)11(15)16/h1-3,8H,4-6H2,(H,15,16). The van der Waals surface area contributed by atoms with E-state index in [2.05, 4.69) is 15.9 Å². The smallest absolute Gasteiger partial charge is 0.309 e. The minimum absolute atomic E-state index is 0.0367. The topological polar surface area (TPSA) is 83.7 Å². The molecule has 1 aromatic rings. The highest BCUT2D eigenvalue weighted by molar-refractivity contribution is 9.10. The van der Waals surface area contributed by atoms with Crippen LogP contribution in [0.1, 0.15) is 5.56 Å². The maximum atomic E-state index is 10.7. The fourth-order valence-electron chi connectivity index (χ4n) is 1.94. The number of nitro groups is 1. The fourth-order valence-corrected chi connectivity index (χ4v) is 2.47. The van der Waals surface area contributed by atoms with Crippen molar-refractivity contribution >= 4 is 27.6 Å². The van der Waals surface area contributed by atoms with E-state index in [1.165, 1.54) is 12.1 Å². The SMILES string of the molecule is O=C(O)C1CN(Cc2cc(Br)cc([N+](=O)[O-])c2)C1. The molecule has 1 aliphatic heterocycles. The second-order valence-electron chi connectivity index (χ2n) is 4.30. The van der Waals surface area contributed by atoms with Gasteiger partial charge in [0.25, 0.3) is 5.69 Å². The van der Waals surface area contributed by atoms with Gasteiger partial charge in [0.1, 0.15) is 0 Å². The normalized spacial score (nSPS) is 16.3. The molecule has 0 spiro atoms. The average molecular weight is 315 g/mol. The van der Waals surface area contributed by atoms with Crippen molar-refractivity contribution in [1.82, 2.24) is 4.90 Å². The van der Waals surface area contributed by atoms with Gasteiger partial charge in [0.15, 0.2) is 0 Å². The molecule has 96 valence electrons. The molecule has 2 rings (SSSR count). The summed E-state index contributed by atoms with van der Waals surface area (Å²) in [5.74, 6) is -1.10. The van der Waals surface area contributed by atoms with Crippen LogP contribution in [0.3, 0.4) is 0 Å². The van der Waals surface area contributed by atoms with Crippen LogP contribution in [0.15, 0.2) is 22.7 Å². The van der Waals surface area contributed by atoms with Crippen LogP contribution in [0.4, 0.5) is 5.69 Å². The molecule has 0 saturated carbocycles. The van der Waals surface area contributed by atoms with Gasteiger partial charge >= 0.3 is 5.97 Å². The largest absolute Gasteiger partial charge is 0.481 e. The maximum Gasteiger partial charge on any atom is 0.309 e. The van der Waals surface area contributed by atoms with Gasteiger partial charge < -0.3 is 5.11 Å². The van der Waals surface area contributed by atoms with Crippen LogP contribution < -0.4 is 0 Å². The van der Waals surface area contributed by atoms with Gasteiger partial charge in [0.2, 0.25) is 0 Å². The van der Waals surface area contributed by atoms with Crippen molar-refractivity contribution in [2.45, 2.75) is 6.54 Å². The van der Waals surface area contributed by atoms with E-state index in [9.17, 15) is 14.9 Å². The van der Waals surface area contributed by atoms with E-state index in [0.717, 1.165) is 5.56 Å². The molecular formula is C11H11BrN2O4. The molecule has 0 atom stereocenters. The van der Waals surface area contributed by atoms with E-state index in [1.54, 1.807) is 6.07 Å². The van der Waals surface area contributed by atoms with Gasteiger partial charge in [-0.2, -0.15) is 0 Å². The minimum atomic E-state index is -0.786. The van der Waals surface area contributed by atoms with Crippen molar-refractivity contribution in [3.05, 3.63) is 38.3 Å². The fraction of sp³-hybridized carbons (Fsp3) is 0.364. The average Bonchev–Trinajstić information content (AvgIpc) is 2.21. The Morgan fingerprint density at radius 3 is 2.72 bits per heavy atom. The van der Waals surface area contributed by atoms with E-state index in [4.69, 9.17) is 5.11 Å². The van der Waals surface area contributed by atoms with Crippen LogP contribution >= 0.6 is 15.9 Å². The Morgan fingerprint density at radius 2 is 2.17 bits per heavy atom. The van der Waals surface area contributed by atoms with Crippen molar-refractivity contribution in [2.24, 2.45) is 5.92 Å². The summed E-state index contributed by atoms with van der Waals surface area (Å²) in [5, 5.41) is 19.5. The molecule has 0 aliphatic carbocycles. The van der Waals surface area contributed by atoms with Crippen LogP contribution in [-0.2, 0) is 11.3 Å². The lowest BCUT2D eigenvalue weighted by atomic mass is 9.99. The molecule has 18 heavy (non-hydrogen) atoms. The minimum Gasteiger partial charge on any atom is -0.481 e. The van der Waals surface area contributed by atoms with Crippen LogP contribution in [0.25, 0.3) is 0 Å². The molecular weight excluding hydrogens is 304 g/mol. The van der Waals surface area contributed by atoms with Crippen LogP contribution in [0.5, 0.6) is 0 Å². The molecule has 0 radical (unpaired) electrons. The zero-order chi connectivity index (χ0) is 13.3. The van der Waals surface area contributed by atoms with Crippen LogP contribution in [0.2, 0.25) is 0 Å². The van der Waals surface area contributed by atoms with E-state index in [1.807, 2.05) is 4.90 Å². The number of carboxylic acid groups (broad SMARTS) is 1. The number of carboxylic acids is 1. The Balaban J connectivity index is 2.02. The van der Waals surface area contributed by atoms with Gasteiger partial charge in [-0.3, -0.25) is 19.8 Å². The summed E-state index contributed by atoms with van der Waals surface area (Å²) in [6.45, 7) is 1.52. The van der Waals surface area contributed by atoms with Gasteiger partial charge in [-0.15, -0.1) is 0 Å². The summed E-state index contributed by atoms with van der Waals surface area (Å²) in [5.41, 5.74) is 0.842. The summed E-state index contributed by atoms with van der Waals surface area (Å²) < 4.78 is 0.655. The van der Waals surface area contributed by atoms with Crippen LogP contribution in [-0.4, -0.2) is 34.0 Å². The van der Waals surface area contributed by atoms with Gasteiger partial charge in [-0.05, 0) is 11.6 Å². The first-order valence-electron chi connectivity index (χ1n) is 5.34. The quantitative estimate of drug-likeness (QED) is 0.677. The van der Waals surface area contributed by atoms with Crippen molar-refractivity contribution < 1.29 is 14.8 Å². The number of rotatable bonds is 4. The number of likely N-dealkylation sites (tertiary alicyclic amines) is 1. The molecule has 0 bridgehead atoms. The number of hydrogen-bond acceptors (Lipinski definition) is 4. The first-order chi connectivity index (χ1) is 8.45. The monoisotopic (exact) mass is 314 g/mol. The van der Waals surface area contributed by atoms with E-state index in [-0.39, 0.29) is 11.6 Å². The molecule has 1 N–H and O–H groups in total. The highest BCUT2D eigenvalue weighted by atomic mass is 79.9. The molecule has 7 heteroatoms. The van der Waals surface area contributed by atoms with Gasteiger partial charge in [0.05, 0.1) is 10.8 Å². The zero-order valence-electron chi connectivity index (χ0n) is 9.38. The predicted molar refractivity (Wildman–Crippen MR) is 67.2 cm³/mol. The molecule has 0 aromatic heterocycles. The van der Waals surface area contributed by atoms with Gasteiger partial charge in [-0.1, -0.05) is 15.9 Å². The maximum absolute atomic E-state index is 10.7. The number of halogens is 1. The van der Waals surface area contributed by atoms with E-state index < -0.39 is 10.9 Å². The summed E-state index contributed by atoms with van der Waals surface area (Å²) in [7, 11) is 0. The third-order valence-corrected chi connectivity index (χ3v) is 3.32. The molecule has 1 fully saturated rings. The Labute approximate surface area is 111 Å².